The van der Waals surface area contributed by atoms with E-state index < -0.39 is 0 Å². The monoisotopic (exact) mass is 420 g/mol. The normalized spacial score (nSPS) is 18.1. The highest BCUT2D eigenvalue weighted by atomic mass is 19.1. The minimum atomic E-state index is -0.171. The van der Waals surface area contributed by atoms with E-state index in [-0.39, 0.29) is 11.8 Å². The second-order valence-corrected chi connectivity index (χ2v) is 8.72. The number of halogens is 1. The molecule has 2 fully saturated rings. The number of likely N-dealkylation sites (tertiary alicyclic amines) is 1. The zero-order valence-electron chi connectivity index (χ0n) is 17.8. The fraction of sp³-hybridized carbons (Fsp3) is 0.400. The van der Waals surface area contributed by atoms with Gasteiger partial charge in [-0.3, -0.25) is 0 Å². The summed E-state index contributed by atoms with van der Waals surface area (Å²) in [6.45, 7) is 5.35. The molecule has 0 atom stereocenters. The smallest absolute Gasteiger partial charge is 0.317 e. The molecule has 162 valence electrons. The van der Waals surface area contributed by atoms with E-state index in [1.807, 2.05) is 17.0 Å². The molecule has 5 nitrogen and oxygen atoms in total. The Kier molecular flexibility index (Phi) is 5.64. The molecule has 2 aliphatic rings. The van der Waals surface area contributed by atoms with E-state index >= 15 is 0 Å². The number of amides is 2. The Morgan fingerprint density at radius 2 is 1.74 bits per heavy atom. The van der Waals surface area contributed by atoms with Crippen LogP contribution in [0.15, 0.2) is 54.7 Å². The van der Waals surface area contributed by atoms with Gasteiger partial charge in [-0.25, -0.2) is 9.18 Å². The summed E-state index contributed by atoms with van der Waals surface area (Å²) in [7, 11) is 0. The summed E-state index contributed by atoms with van der Waals surface area (Å²) in [6, 6.07) is 16.2. The van der Waals surface area contributed by atoms with Crippen molar-refractivity contribution in [2.24, 2.45) is 0 Å². The number of carbonyl (C=O) groups excluding carboxylic acids is 1. The number of urea groups is 1. The highest BCUT2D eigenvalue weighted by molar-refractivity contribution is 5.81. The Balaban J connectivity index is 1.21. The minimum absolute atomic E-state index is 0.0310. The molecule has 2 aliphatic heterocycles. The number of nitrogens with one attached hydrogen (secondary N) is 1. The van der Waals surface area contributed by atoms with Gasteiger partial charge in [0.25, 0.3) is 0 Å². The number of nitrogens with zero attached hydrogens (tertiary/aromatic N) is 3. The van der Waals surface area contributed by atoms with Crippen molar-refractivity contribution in [2.45, 2.75) is 31.8 Å². The van der Waals surface area contributed by atoms with Crippen molar-refractivity contribution in [1.82, 2.24) is 19.7 Å². The molecule has 3 heterocycles. The van der Waals surface area contributed by atoms with Gasteiger partial charge in [-0.15, -0.1) is 0 Å². The number of hydrogen-bond acceptors (Lipinski definition) is 2. The number of piperidine rings is 1. The number of aromatic nitrogens is 1. The summed E-state index contributed by atoms with van der Waals surface area (Å²) in [4.78, 5) is 16.3. The number of fused-ring (bicyclic) bond motifs is 1. The van der Waals surface area contributed by atoms with Crippen LogP contribution in [-0.2, 0) is 13.0 Å². The number of carbonyl (C=O) groups is 1. The van der Waals surface area contributed by atoms with Gasteiger partial charge < -0.3 is 19.7 Å². The van der Waals surface area contributed by atoms with Crippen molar-refractivity contribution in [3.05, 3.63) is 71.7 Å². The van der Waals surface area contributed by atoms with Crippen LogP contribution in [-0.4, -0.2) is 53.1 Å². The second-order valence-electron chi connectivity index (χ2n) is 8.72. The first-order valence-electron chi connectivity index (χ1n) is 11.2. The van der Waals surface area contributed by atoms with Gasteiger partial charge in [-0.1, -0.05) is 24.3 Å². The van der Waals surface area contributed by atoms with E-state index in [1.54, 1.807) is 12.1 Å². The van der Waals surface area contributed by atoms with Gasteiger partial charge in [0.15, 0.2) is 0 Å². The number of benzene rings is 2. The van der Waals surface area contributed by atoms with Crippen molar-refractivity contribution < 1.29 is 9.18 Å². The molecule has 1 aromatic heterocycles. The predicted molar refractivity (Wildman–Crippen MR) is 121 cm³/mol. The Hall–Kier alpha value is -2.86. The molecule has 0 aliphatic carbocycles. The van der Waals surface area contributed by atoms with Crippen molar-refractivity contribution in [3.63, 3.8) is 0 Å². The van der Waals surface area contributed by atoms with Crippen LogP contribution in [0.5, 0.6) is 0 Å². The van der Waals surface area contributed by atoms with Crippen molar-refractivity contribution in [1.29, 1.82) is 0 Å². The highest BCUT2D eigenvalue weighted by Crippen LogP contribution is 2.29. The fourth-order valence-corrected chi connectivity index (χ4v) is 4.85. The molecule has 6 heteroatoms. The Morgan fingerprint density at radius 3 is 2.48 bits per heavy atom. The maximum atomic E-state index is 13.1. The second kappa shape index (κ2) is 8.71. The molecular weight excluding hydrogens is 391 g/mol. The van der Waals surface area contributed by atoms with E-state index in [9.17, 15) is 9.18 Å². The molecule has 31 heavy (non-hydrogen) atoms. The van der Waals surface area contributed by atoms with Crippen LogP contribution >= 0.6 is 0 Å². The maximum Gasteiger partial charge on any atom is 0.317 e. The van der Waals surface area contributed by atoms with E-state index in [4.69, 9.17) is 0 Å². The van der Waals surface area contributed by atoms with Crippen molar-refractivity contribution >= 4 is 16.9 Å². The molecule has 0 unspecified atom stereocenters. The highest BCUT2D eigenvalue weighted by Gasteiger charge is 2.22. The number of rotatable bonds is 6. The van der Waals surface area contributed by atoms with Crippen LogP contribution in [0.25, 0.3) is 10.9 Å². The largest absolute Gasteiger partial charge is 0.344 e. The molecular formula is C25H29FN4O. The first-order valence-corrected chi connectivity index (χ1v) is 11.2. The lowest BCUT2D eigenvalue weighted by molar-refractivity contribution is 0.190. The van der Waals surface area contributed by atoms with Gasteiger partial charge in [0.05, 0.1) is 0 Å². The standard InChI is InChI=1S/C25H29FN4O/c26-22-5-2-19(3-6-22)7-12-28-13-9-23(10-14-28)30-15-8-21-4-1-20(17-24(21)30)18-29-16-11-27-25(29)31/h1-6,8,15,17,23H,7,9-14,16,18H2,(H,27,31). The molecule has 5 rings (SSSR count). The van der Waals surface area contributed by atoms with Crippen molar-refractivity contribution in [2.75, 3.05) is 32.7 Å². The molecule has 3 aromatic rings. The molecule has 2 saturated heterocycles. The Morgan fingerprint density at radius 1 is 0.968 bits per heavy atom. The van der Waals surface area contributed by atoms with E-state index in [0.717, 1.165) is 52.0 Å². The molecule has 0 spiro atoms. The molecule has 2 aromatic carbocycles. The Labute approximate surface area is 182 Å². The Bertz CT molecular complexity index is 1050. The summed E-state index contributed by atoms with van der Waals surface area (Å²) in [5.74, 6) is -0.171. The molecule has 0 bridgehead atoms. The van der Waals surface area contributed by atoms with Crippen LogP contribution in [0.3, 0.4) is 0 Å². The van der Waals surface area contributed by atoms with Crippen LogP contribution in [0, 0.1) is 5.82 Å². The fourth-order valence-electron chi connectivity index (χ4n) is 4.85. The van der Waals surface area contributed by atoms with Gasteiger partial charge >= 0.3 is 6.03 Å². The summed E-state index contributed by atoms with van der Waals surface area (Å²) < 4.78 is 15.5. The summed E-state index contributed by atoms with van der Waals surface area (Å²) in [5.41, 5.74) is 3.64. The van der Waals surface area contributed by atoms with Crippen LogP contribution in [0.2, 0.25) is 0 Å². The third-order valence-corrected chi connectivity index (χ3v) is 6.69. The minimum Gasteiger partial charge on any atom is -0.344 e. The summed E-state index contributed by atoms with van der Waals surface area (Å²) in [5, 5.41) is 4.13. The van der Waals surface area contributed by atoms with Gasteiger partial charge in [-0.05, 0) is 60.0 Å². The van der Waals surface area contributed by atoms with Gasteiger partial charge in [0, 0.05) is 57.0 Å². The zero-order valence-corrected chi connectivity index (χ0v) is 17.8. The molecule has 2 amide bonds. The third kappa shape index (κ3) is 4.44. The van der Waals surface area contributed by atoms with E-state index in [1.165, 1.54) is 22.0 Å². The molecule has 0 radical (unpaired) electrons. The van der Waals surface area contributed by atoms with E-state index in [2.05, 4.69) is 45.2 Å². The zero-order chi connectivity index (χ0) is 21.2. The van der Waals surface area contributed by atoms with Crippen molar-refractivity contribution in [3.8, 4) is 0 Å². The van der Waals surface area contributed by atoms with E-state index in [0.29, 0.717) is 12.6 Å². The van der Waals surface area contributed by atoms with Crippen LogP contribution in [0.4, 0.5) is 9.18 Å². The lowest BCUT2D eigenvalue weighted by atomic mass is 10.0. The first kappa shape index (κ1) is 20.1. The lowest BCUT2D eigenvalue weighted by Gasteiger charge is -2.33. The van der Waals surface area contributed by atoms with Gasteiger partial charge in [0.2, 0.25) is 0 Å². The lowest BCUT2D eigenvalue weighted by Crippen LogP contribution is -2.35. The molecule has 0 saturated carbocycles. The van der Waals surface area contributed by atoms with Crippen LogP contribution in [0.1, 0.15) is 30.0 Å². The average molecular weight is 421 g/mol. The summed E-state index contributed by atoms with van der Waals surface area (Å²) >= 11 is 0. The first-order chi connectivity index (χ1) is 15.2. The topological polar surface area (TPSA) is 40.5 Å². The van der Waals surface area contributed by atoms with Crippen LogP contribution < -0.4 is 5.32 Å². The predicted octanol–water partition coefficient (Wildman–Crippen LogP) is 4.19. The average Bonchev–Trinajstić information content (AvgIpc) is 3.40. The molecule has 1 N–H and O–H groups in total. The maximum absolute atomic E-state index is 13.1. The number of hydrogen-bond donors (Lipinski definition) is 1. The summed E-state index contributed by atoms with van der Waals surface area (Å²) in [6.07, 6.45) is 5.44. The third-order valence-electron chi connectivity index (χ3n) is 6.69. The van der Waals surface area contributed by atoms with Gasteiger partial charge in [-0.2, -0.15) is 0 Å². The SMILES string of the molecule is O=C1NCCN1Cc1ccc2ccn(C3CCN(CCc4ccc(F)cc4)CC3)c2c1. The quantitative estimate of drug-likeness (QED) is 0.650. The van der Waals surface area contributed by atoms with Gasteiger partial charge in [0.1, 0.15) is 5.82 Å².